The zero-order chi connectivity index (χ0) is 18.9. The van der Waals surface area contributed by atoms with Crippen LogP contribution in [0.25, 0.3) is 0 Å². The van der Waals surface area contributed by atoms with Crippen LogP contribution in [0.2, 0.25) is 0 Å². The highest BCUT2D eigenvalue weighted by Crippen LogP contribution is 2.27. The van der Waals surface area contributed by atoms with Gasteiger partial charge in [-0.15, -0.1) is 0 Å². The summed E-state index contributed by atoms with van der Waals surface area (Å²) in [5, 5.41) is 10.6. The van der Waals surface area contributed by atoms with Gasteiger partial charge in [-0.1, -0.05) is 86.5 Å². The highest BCUT2D eigenvalue weighted by Gasteiger charge is 2.05. The quantitative estimate of drug-likeness (QED) is 0.412. The van der Waals surface area contributed by atoms with Crippen LogP contribution in [0.4, 0.5) is 0 Å². The molecule has 0 fully saturated rings. The molecule has 26 heavy (non-hydrogen) atoms. The Morgan fingerprint density at radius 1 is 0.846 bits per heavy atom. The third-order valence-electron chi connectivity index (χ3n) is 3.75. The normalized spacial score (nSPS) is 10.0. The highest BCUT2D eigenvalue weighted by atomic mass is 79.9. The zero-order valence-electron chi connectivity index (χ0n) is 14.9. The van der Waals surface area contributed by atoms with Crippen LogP contribution >= 0.6 is 31.9 Å². The maximum atomic E-state index is 9.61. The van der Waals surface area contributed by atoms with E-state index in [4.69, 9.17) is 4.74 Å². The minimum absolute atomic E-state index is 0.169. The maximum Gasteiger partial charge on any atom is 0.161 e. The molecule has 0 spiro atoms. The van der Waals surface area contributed by atoms with E-state index in [-0.39, 0.29) is 5.75 Å². The fourth-order valence-electron chi connectivity index (χ4n) is 2.43. The van der Waals surface area contributed by atoms with Gasteiger partial charge in [0.15, 0.2) is 11.5 Å². The predicted molar refractivity (Wildman–Crippen MR) is 115 cm³/mol. The third-order valence-corrected chi connectivity index (χ3v) is 5.65. The van der Waals surface area contributed by atoms with Gasteiger partial charge in [0, 0.05) is 9.80 Å². The molecule has 0 aliphatic carbocycles. The van der Waals surface area contributed by atoms with Crippen molar-refractivity contribution in [3.63, 3.8) is 0 Å². The molecule has 0 aliphatic heterocycles. The van der Waals surface area contributed by atoms with Crippen molar-refractivity contribution in [2.45, 2.75) is 25.8 Å². The lowest BCUT2D eigenvalue weighted by Crippen LogP contribution is -1.97. The lowest BCUT2D eigenvalue weighted by Gasteiger charge is -2.10. The van der Waals surface area contributed by atoms with Crippen molar-refractivity contribution in [1.29, 1.82) is 0 Å². The molecule has 4 heteroatoms. The number of benzene rings is 3. The Morgan fingerprint density at radius 3 is 1.96 bits per heavy atom. The van der Waals surface area contributed by atoms with Crippen LogP contribution in [0.15, 0.2) is 71.2 Å². The van der Waals surface area contributed by atoms with Crippen LogP contribution in [-0.4, -0.2) is 5.11 Å². The number of phenolic OH excluding ortho intramolecular Hbond substituents is 1. The van der Waals surface area contributed by atoms with Crippen molar-refractivity contribution in [1.82, 2.24) is 0 Å². The Bertz CT molecular complexity index is 810. The van der Waals surface area contributed by atoms with Crippen LogP contribution in [-0.2, 0) is 11.9 Å². The minimum atomic E-state index is 0.169. The number of alkyl halides is 1. The number of para-hydroxylation sites is 2. The minimum Gasteiger partial charge on any atom is -0.504 e. The van der Waals surface area contributed by atoms with Crippen LogP contribution in [0.1, 0.15) is 22.3 Å². The molecule has 0 amide bonds. The number of hydrogen-bond acceptors (Lipinski definition) is 2. The van der Waals surface area contributed by atoms with Gasteiger partial charge in [0.05, 0.1) is 0 Å². The van der Waals surface area contributed by atoms with Gasteiger partial charge in [-0.05, 0) is 48.2 Å². The Labute approximate surface area is 172 Å². The summed E-state index contributed by atoms with van der Waals surface area (Å²) in [7, 11) is 0. The Hall–Kier alpha value is -1.78. The predicted octanol–water partition coefficient (Wildman–Crippen LogP) is 6.93. The molecule has 1 N–H and O–H groups in total. The van der Waals surface area contributed by atoms with Crippen molar-refractivity contribution >= 4 is 31.9 Å². The average molecular weight is 478 g/mol. The first-order valence-corrected chi connectivity index (χ1v) is 10.2. The van der Waals surface area contributed by atoms with E-state index in [0.717, 1.165) is 15.4 Å². The molecule has 2 nitrogen and oxygen atoms in total. The van der Waals surface area contributed by atoms with Crippen molar-refractivity contribution in [3.05, 3.63) is 93.5 Å². The molecule has 0 bridgehead atoms. The highest BCUT2D eigenvalue weighted by molar-refractivity contribution is 9.10. The van der Waals surface area contributed by atoms with Gasteiger partial charge >= 0.3 is 0 Å². The molecule has 0 saturated carbocycles. The van der Waals surface area contributed by atoms with Crippen LogP contribution < -0.4 is 4.74 Å². The third kappa shape index (κ3) is 6.19. The zero-order valence-corrected chi connectivity index (χ0v) is 18.0. The molecular weight excluding hydrogens is 456 g/mol. The smallest absolute Gasteiger partial charge is 0.161 e. The van der Waals surface area contributed by atoms with Crippen LogP contribution in [0, 0.1) is 13.8 Å². The second-order valence-corrected chi connectivity index (χ2v) is 7.27. The van der Waals surface area contributed by atoms with E-state index < -0.39 is 0 Å². The average Bonchev–Trinajstić information content (AvgIpc) is 2.66. The summed E-state index contributed by atoms with van der Waals surface area (Å²) in [6, 6.07) is 21.4. The second kappa shape index (κ2) is 10.4. The first kappa shape index (κ1) is 20.5. The topological polar surface area (TPSA) is 29.5 Å². The number of halogens is 2. The van der Waals surface area contributed by atoms with Crippen molar-refractivity contribution in [2.75, 3.05) is 0 Å². The molecule has 0 radical (unpaired) electrons. The van der Waals surface area contributed by atoms with E-state index in [1.165, 1.54) is 16.7 Å². The first-order valence-electron chi connectivity index (χ1n) is 8.27. The lowest BCUT2D eigenvalue weighted by molar-refractivity contribution is 0.289. The van der Waals surface area contributed by atoms with E-state index in [1.807, 2.05) is 24.3 Å². The van der Waals surface area contributed by atoms with Crippen LogP contribution in [0.5, 0.6) is 11.5 Å². The maximum absolute atomic E-state index is 9.61. The summed E-state index contributed by atoms with van der Waals surface area (Å²) in [6.07, 6.45) is 0. The number of aryl methyl sites for hydroxylation is 2. The SMILES string of the molecule is BrCc1ccccc1.Cc1cc(COc2ccccc2O)cc(C)c1Br. The molecule has 0 saturated heterocycles. The number of hydrogen-bond donors (Lipinski definition) is 1. The van der Waals surface area contributed by atoms with Crippen molar-refractivity contribution in [3.8, 4) is 11.5 Å². The van der Waals surface area contributed by atoms with Gasteiger partial charge < -0.3 is 9.84 Å². The lowest BCUT2D eigenvalue weighted by atomic mass is 10.1. The molecule has 136 valence electrons. The first-order chi connectivity index (χ1) is 12.5. The van der Waals surface area contributed by atoms with Crippen molar-refractivity contribution in [2.24, 2.45) is 0 Å². The number of phenols is 1. The van der Waals surface area contributed by atoms with E-state index in [9.17, 15) is 5.11 Å². The fraction of sp³-hybridized carbons (Fsp3) is 0.182. The van der Waals surface area contributed by atoms with E-state index in [1.54, 1.807) is 18.2 Å². The van der Waals surface area contributed by atoms with Gasteiger partial charge in [-0.2, -0.15) is 0 Å². The molecule has 3 aromatic carbocycles. The fourth-order valence-corrected chi connectivity index (χ4v) is 3.03. The molecule has 0 unspecified atom stereocenters. The molecule has 3 rings (SSSR count). The van der Waals surface area contributed by atoms with E-state index in [0.29, 0.717) is 12.4 Å². The summed E-state index contributed by atoms with van der Waals surface area (Å²) in [6.45, 7) is 4.56. The monoisotopic (exact) mass is 476 g/mol. The summed E-state index contributed by atoms with van der Waals surface area (Å²) < 4.78 is 6.74. The molecule has 0 aliphatic rings. The van der Waals surface area contributed by atoms with Gasteiger partial charge in [0.2, 0.25) is 0 Å². The molecule has 0 aromatic heterocycles. The molecule has 0 heterocycles. The van der Waals surface area contributed by atoms with Gasteiger partial charge in [0.1, 0.15) is 6.61 Å². The number of aromatic hydroxyl groups is 1. The van der Waals surface area contributed by atoms with Crippen LogP contribution in [0.3, 0.4) is 0 Å². The Kier molecular flexibility index (Phi) is 8.20. The Morgan fingerprint density at radius 2 is 1.42 bits per heavy atom. The van der Waals surface area contributed by atoms with Gasteiger partial charge in [0.25, 0.3) is 0 Å². The molecule has 3 aromatic rings. The standard InChI is InChI=1S/C15H15BrO2.C7H7Br/c1-10-7-12(8-11(2)15(10)16)9-18-14-6-4-3-5-13(14)17;8-6-7-4-2-1-3-5-7/h3-8,17H,9H2,1-2H3;1-5H,6H2. The molecular formula is C22H22Br2O2. The molecule has 0 atom stereocenters. The van der Waals surface area contributed by atoms with E-state index >= 15 is 0 Å². The van der Waals surface area contributed by atoms with Gasteiger partial charge in [-0.25, -0.2) is 0 Å². The largest absolute Gasteiger partial charge is 0.504 e. The summed E-state index contributed by atoms with van der Waals surface area (Å²) in [4.78, 5) is 0. The number of rotatable bonds is 4. The summed E-state index contributed by atoms with van der Waals surface area (Å²) >= 11 is 6.90. The number of ether oxygens (including phenoxy) is 1. The van der Waals surface area contributed by atoms with E-state index in [2.05, 4.69) is 70.0 Å². The van der Waals surface area contributed by atoms with Gasteiger partial charge in [-0.3, -0.25) is 0 Å². The summed E-state index contributed by atoms with van der Waals surface area (Å²) in [5.41, 5.74) is 4.79. The summed E-state index contributed by atoms with van der Waals surface area (Å²) in [5.74, 6) is 0.679. The second-order valence-electron chi connectivity index (χ2n) is 5.92. The van der Waals surface area contributed by atoms with Crippen molar-refractivity contribution < 1.29 is 9.84 Å². The Balaban J connectivity index is 0.000000254.